The Labute approximate surface area is 141 Å². The second-order valence-electron chi connectivity index (χ2n) is 9.76. The topological polar surface area (TPSA) is 44.0 Å². The van der Waals surface area contributed by atoms with Gasteiger partial charge in [0.25, 0.3) is 0 Å². The SMILES string of the molecule is C[C@]12CCCCC1CCC1C2CC[C@@]2(C)C1CC[C@]2(O)CC#N. The van der Waals surface area contributed by atoms with Crippen molar-refractivity contribution in [3.8, 4) is 6.07 Å². The monoisotopic (exact) mass is 315 g/mol. The average Bonchev–Trinajstić information content (AvgIpc) is 2.79. The maximum atomic E-state index is 11.2. The van der Waals surface area contributed by atoms with Crippen LogP contribution in [0.4, 0.5) is 0 Å². The molecule has 0 heterocycles. The molecule has 0 saturated heterocycles. The van der Waals surface area contributed by atoms with Crippen molar-refractivity contribution in [3.63, 3.8) is 0 Å². The Balaban J connectivity index is 1.64. The molecule has 4 unspecified atom stereocenters. The highest BCUT2D eigenvalue weighted by atomic mass is 16.3. The third-order valence-electron chi connectivity index (χ3n) is 9.28. The Morgan fingerprint density at radius 2 is 1.74 bits per heavy atom. The van der Waals surface area contributed by atoms with Gasteiger partial charge in [-0.25, -0.2) is 0 Å². The predicted octanol–water partition coefficient (Wildman–Crippen LogP) is 5.06. The molecule has 4 rings (SSSR count). The first kappa shape index (κ1) is 15.9. The smallest absolute Gasteiger partial charge is 0.0833 e. The Morgan fingerprint density at radius 1 is 0.957 bits per heavy atom. The molecular formula is C21H33NO. The summed E-state index contributed by atoms with van der Waals surface area (Å²) in [5.41, 5.74) is -0.165. The fourth-order valence-corrected chi connectivity index (χ4v) is 7.83. The number of fused-ring (bicyclic) bond motifs is 5. The normalized spacial score (nSPS) is 55.4. The third-order valence-corrected chi connectivity index (χ3v) is 9.28. The van der Waals surface area contributed by atoms with Crippen LogP contribution in [0.25, 0.3) is 0 Å². The van der Waals surface area contributed by atoms with Crippen LogP contribution in [-0.4, -0.2) is 10.7 Å². The van der Waals surface area contributed by atoms with Crippen LogP contribution in [-0.2, 0) is 0 Å². The van der Waals surface area contributed by atoms with Gasteiger partial charge in [-0.05, 0) is 80.5 Å². The Hall–Kier alpha value is -0.550. The van der Waals surface area contributed by atoms with Gasteiger partial charge in [0, 0.05) is 5.41 Å². The van der Waals surface area contributed by atoms with Crippen molar-refractivity contribution in [1.29, 1.82) is 5.26 Å². The lowest BCUT2D eigenvalue weighted by Gasteiger charge is -2.61. The minimum Gasteiger partial charge on any atom is -0.388 e. The zero-order valence-electron chi connectivity index (χ0n) is 15.0. The van der Waals surface area contributed by atoms with Crippen molar-refractivity contribution in [1.82, 2.24) is 0 Å². The first-order valence-electron chi connectivity index (χ1n) is 10.0. The summed E-state index contributed by atoms with van der Waals surface area (Å²) in [6.45, 7) is 4.92. The molecule has 23 heavy (non-hydrogen) atoms. The second kappa shape index (κ2) is 5.22. The van der Waals surface area contributed by atoms with E-state index in [-0.39, 0.29) is 5.41 Å². The molecule has 2 nitrogen and oxygen atoms in total. The summed E-state index contributed by atoms with van der Waals surface area (Å²) in [5, 5.41) is 20.4. The maximum absolute atomic E-state index is 11.2. The first-order valence-corrected chi connectivity index (χ1v) is 10.0. The van der Waals surface area contributed by atoms with E-state index in [9.17, 15) is 10.4 Å². The number of hydrogen-bond donors (Lipinski definition) is 1. The van der Waals surface area contributed by atoms with Gasteiger partial charge in [0.15, 0.2) is 0 Å². The van der Waals surface area contributed by atoms with Crippen molar-refractivity contribution in [2.75, 3.05) is 0 Å². The van der Waals surface area contributed by atoms with Gasteiger partial charge >= 0.3 is 0 Å². The lowest BCUT2D eigenvalue weighted by Crippen LogP contribution is -2.56. The summed E-state index contributed by atoms with van der Waals surface area (Å²) in [7, 11) is 0. The molecule has 0 aromatic carbocycles. The molecule has 1 N–H and O–H groups in total. The van der Waals surface area contributed by atoms with Crippen molar-refractivity contribution >= 4 is 0 Å². The molecule has 128 valence electrons. The van der Waals surface area contributed by atoms with E-state index in [4.69, 9.17) is 0 Å². The van der Waals surface area contributed by atoms with Gasteiger partial charge in [-0.3, -0.25) is 0 Å². The standard InChI is InChI=1S/C21H33NO/c1-19-10-4-3-5-15(19)6-7-16-17(19)8-11-20(2)18(16)9-12-21(20,23)13-14-22/h15-18,23H,3-13H2,1-2H3/t15?,16?,17?,18?,19-,20-,21-/m0/s1. The molecule has 0 amide bonds. The van der Waals surface area contributed by atoms with Crippen LogP contribution >= 0.6 is 0 Å². The second-order valence-corrected chi connectivity index (χ2v) is 9.76. The molecule has 4 saturated carbocycles. The van der Waals surface area contributed by atoms with Crippen LogP contribution in [0.15, 0.2) is 0 Å². The van der Waals surface area contributed by atoms with E-state index < -0.39 is 5.60 Å². The van der Waals surface area contributed by atoms with Crippen LogP contribution in [0.5, 0.6) is 0 Å². The predicted molar refractivity (Wildman–Crippen MR) is 91.5 cm³/mol. The summed E-state index contributed by atoms with van der Waals surface area (Å²) < 4.78 is 0. The van der Waals surface area contributed by atoms with Gasteiger partial charge in [-0.2, -0.15) is 5.26 Å². The van der Waals surface area contributed by atoms with Crippen LogP contribution < -0.4 is 0 Å². The summed E-state index contributed by atoms with van der Waals surface area (Å²) in [6, 6.07) is 2.28. The van der Waals surface area contributed by atoms with E-state index in [1.807, 2.05) is 0 Å². The van der Waals surface area contributed by atoms with Crippen LogP contribution in [0.1, 0.15) is 84.5 Å². The lowest BCUT2D eigenvalue weighted by molar-refractivity contribution is -0.149. The minimum atomic E-state index is -0.721. The molecule has 0 aromatic rings. The van der Waals surface area contributed by atoms with Gasteiger partial charge in [-0.15, -0.1) is 0 Å². The quantitative estimate of drug-likeness (QED) is 0.734. The van der Waals surface area contributed by atoms with Crippen molar-refractivity contribution in [2.24, 2.45) is 34.5 Å². The molecular weight excluding hydrogens is 282 g/mol. The third kappa shape index (κ3) is 2.02. The van der Waals surface area contributed by atoms with Gasteiger partial charge in [0.2, 0.25) is 0 Å². The van der Waals surface area contributed by atoms with Crippen LogP contribution in [0.3, 0.4) is 0 Å². The Bertz CT molecular complexity index is 524. The van der Waals surface area contributed by atoms with Crippen molar-refractivity contribution < 1.29 is 5.11 Å². The number of nitriles is 1. The van der Waals surface area contributed by atoms with E-state index in [1.54, 1.807) is 0 Å². The van der Waals surface area contributed by atoms with Gasteiger partial charge in [0.1, 0.15) is 0 Å². The van der Waals surface area contributed by atoms with E-state index >= 15 is 0 Å². The molecule has 0 bridgehead atoms. The fraction of sp³-hybridized carbons (Fsp3) is 0.952. The zero-order chi connectivity index (χ0) is 16.3. The van der Waals surface area contributed by atoms with Crippen molar-refractivity contribution in [3.05, 3.63) is 0 Å². The van der Waals surface area contributed by atoms with Crippen LogP contribution in [0.2, 0.25) is 0 Å². The molecule has 2 heteroatoms. The molecule has 0 radical (unpaired) electrons. The first-order chi connectivity index (χ1) is 10.9. The van der Waals surface area contributed by atoms with Gasteiger partial charge in [0.05, 0.1) is 18.1 Å². The Morgan fingerprint density at radius 3 is 2.52 bits per heavy atom. The van der Waals surface area contributed by atoms with Crippen LogP contribution in [0, 0.1) is 45.8 Å². The highest BCUT2D eigenvalue weighted by molar-refractivity contribution is 5.15. The lowest BCUT2D eigenvalue weighted by atomic mass is 9.44. The molecule has 0 aliphatic heterocycles. The van der Waals surface area contributed by atoms with E-state index in [2.05, 4.69) is 19.9 Å². The molecule has 7 atom stereocenters. The molecule has 4 aliphatic carbocycles. The number of rotatable bonds is 1. The summed E-state index contributed by atoms with van der Waals surface area (Å²) in [4.78, 5) is 0. The van der Waals surface area contributed by atoms with Crippen molar-refractivity contribution in [2.45, 2.75) is 90.1 Å². The summed E-state index contributed by atoms with van der Waals surface area (Å²) in [5.74, 6) is 3.30. The number of hydrogen-bond acceptors (Lipinski definition) is 2. The van der Waals surface area contributed by atoms with Gasteiger partial charge < -0.3 is 5.11 Å². The highest BCUT2D eigenvalue weighted by Gasteiger charge is 2.64. The Kier molecular flexibility index (Phi) is 3.62. The number of nitrogens with zero attached hydrogens (tertiary/aromatic N) is 1. The average molecular weight is 316 g/mol. The molecule has 0 aromatic heterocycles. The molecule has 0 spiro atoms. The largest absolute Gasteiger partial charge is 0.388 e. The summed E-state index contributed by atoms with van der Waals surface area (Å²) >= 11 is 0. The van der Waals surface area contributed by atoms with E-state index in [1.165, 1.54) is 44.9 Å². The van der Waals surface area contributed by atoms with E-state index in [0.29, 0.717) is 17.8 Å². The van der Waals surface area contributed by atoms with Gasteiger partial charge in [-0.1, -0.05) is 26.7 Å². The maximum Gasteiger partial charge on any atom is 0.0833 e. The summed E-state index contributed by atoms with van der Waals surface area (Å²) in [6.07, 6.45) is 13.3. The number of aliphatic hydroxyl groups is 1. The molecule has 4 aliphatic rings. The fourth-order valence-electron chi connectivity index (χ4n) is 7.83. The minimum absolute atomic E-state index is 0.0121. The highest BCUT2D eigenvalue weighted by Crippen LogP contribution is 2.68. The van der Waals surface area contributed by atoms with E-state index in [0.717, 1.165) is 37.0 Å². The zero-order valence-corrected chi connectivity index (χ0v) is 15.0. The molecule has 4 fully saturated rings.